The zero-order chi connectivity index (χ0) is 15.3. The molecule has 2 aromatic heterocycles. The highest BCUT2D eigenvalue weighted by Gasteiger charge is 2.26. The topological polar surface area (TPSA) is 49.0 Å². The van der Waals surface area contributed by atoms with Gasteiger partial charge in [-0.2, -0.15) is 11.8 Å². The van der Waals surface area contributed by atoms with Crippen molar-refractivity contribution in [1.82, 2.24) is 14.9 Å². The monoisotopic (exact) mass is 335 g/mol. The van der Waals surface area contributed by atoms with Crippen molar-refractivity contribution in [2.75, 3.05) is 12.3 Å². The lowest BCUT2D eigenvalue weighted by molar-refractivity contribution is 0.199. The minimum absolute atomic E-state index is 0.0616. The van der Waals surface area contributed by atoms with Gasteiger partial charge in [-0.15, -0.1) is 11.3 Å². The zero-order valence-electron chi connectivity index (χ0n) is 13.0. The van der Waals surface area contributed by atoms with Crippen LogP contribution in [0.5, 0.6) is 0 Å². The van der Waals surface area contributed by atoms with E-state index in [-0.39, 0.29) is 5.56 Å². The van der Waals surface area contributed by atoms with Crippen LogP contribution in [-0.4, -0.2) is 38.5 Å². The average Bonchev–Trinajstić information content (AvgIpc) is 3.04. The number of thioether (sulfide) groups is 1. The van der Waals surface area contributed by atoms with E-state index in [1.807, 2.05) is 11.8 Å². The lowest BCUT2D eigenvalue weighted by Crippen LogP contribution is -2.44. The van der Waals surface area contributed by atoms with Gasteiger partial charge in [0, 0.05) is 28.5 Å². The summed E-state index contributed by atoms with van der Waals surface area (Å²) in [4.78, 5) is 25.1. The fraction of sp³-hybridized carbons (Fsp3) is 0.625. The molecular weight excluding hydrogens is 314 g/mol. The summed E-state index contributed by atoms with van der Waals surface area (Å²) in [5.74, 6) is 1.98. The first kappa shape index (κ1) is 14.7. The fourth-order valence-corrected chi connectivity index (χ4v) is 5.98. The van der Waals surface area contributed by atoms with Crippen molar-refractivity contribution < 1.29 is 0 Å². The molecule has 2 aromatic rings. The number of hydrogen-bond acceptors (Lipinski definition) is 5. The average molecular weight is 335 g/mol. The maximum atomic E-state index is 12.5. The standard InChI is InChI=1S/C16H21N3OS2/c1-9-10(2)21-7-6-19(9)8-13-17-15(20)14-11-4-3-5-12(11)22-16(14)18-13/h9-10H,3-8H2,1-2H3,(H,17,18,20)/t9-,10+/m1/s1. The number of hydrogen-bond donors (Lipinski definition) is 1. The van der Waals surface area contributed by atoms with E-state index in [4.69, 9.17) is 4.98 Å². The van der Waals surface area contributed by atoms with E-state index >= 15 is 0 Å². The van der Waals surface area contributed by atoms with Gasteiger partial charge in [-0.25, -0.2) is 4.98 Å². The van der Waals surface area contributed by atoms with E-state index in [0.717, 1.165) is 47.7 Å². The summed E-state index contributed by atoms with van der Waals surface area (Å²) in [6.45, 7) is 6.37. The maximum Gasteiger partial charge on any atom is 0.259 e. The van der Waals surface area contributed by atoms with E-state index in [0.29, 0.717) is 11.3 Å². The number of H-pyrrole nitrogens is 1. The Bertz CT molecular complexity index is 767. The van der Waals surface area contributed by atoms with E-state index in [9.17, 15) is 4.79 Å². The second-order valence-corrected chi connectivity index (χ2v) is 8.91. The van der Waals surface area contributed by atoms with Gasteiger partial charge in [0.05, 0.1) is 11.9 Å². The minimum Gasteiger partial charge on any atom is -0.309 e. The highest BCUT2D eigenvalue weighted by atomic mass is 32.2. The van der Waals surface area contributed by atoms with Gasteiger partial charge in [0.2, 0.25) is 0 Å². The first-order valence-electron chi connectivity index (χ1n) is 8.02. The quantitative estimate of drug-likeness (QED) is 0.917. The number of aromatic nitrogens is 2. The van der Waals surface area contributed by atoms with Gasteiger partial charge in [0.25, 0.3) is 5.56 Å². The van der Waals surface area contributed by atoms with Crippen molar-refractivity contribution in [3.05, 3.63) is 26.6 Å². The normalized spacial score (nSPS) is 25.7. The van der Waals surface area contributed by atoms with Crippen LogP contribution in [0.25, 0.3) is 10.2 Å². The molecule has 1 aliphatic heterocycles. The van der Waals surface area contributed by atoms with E-state index < -0.39 is 0 Å². The number of thiophene rings is 1. The molecule has 0 bridgehead atoms. The van der Waals surface area contributed by atoms with Crippen molar-refractivity contribution in [3.63, 3.8) is 0 Å². The van der Waals surface area contributed by atoms with Crippen molar-refractivity contribution in [1.29, 1.82) is 0 Å². The SMILES string of the molecule is C[C@@H]1SCCN(Cc2nc3sc4c(c3c(=O)[nH]2)CCC4)[C@@H]1C. The molecule has 3 heterocycles. The molecule has 2 atom stereocenters. The summed E-state index contributed by atoms with van der Waals surface area (Å²) in [5.41, 5.74) is 1.32. The molecule has 0 amide bonds. The Hall–Kier alpha value is -0.850. The number of nitrogens with one attached hydrogen (secondary N) is 1. The smallest absolute Gasteiger partial charge is 0.259 e. The van der Waals surface area contributed by atoms with Gasteiger partial charge in [0.1, 0.15) is 10.7 Å². The second kappa shape index (κ2) is 5.65. The number of fused-ring (bicyclic) bond motifs is 3. The lowest BCUT2D eigenvalue weighted by atomic mass is 10.2. The third kappa shape index (κ3) is 2.41. The molecule has 4 rings (SSSR count). The van der Waals surface area contributed by atoms with Crippen LogP contribution < -0.4 is 5.56 Å². The van der Waals surface area contributed by atoms with Gasteiger partial charge >= 0.3 is 0 Å². The second-order valence-electron chi connectivity index (χ2n) is 6.34. The molecule has 2 aliphatic rings. The van der Waals surface area contributed by atoms with Crippen molar-refractivity contribution >= 4 is 33.3 Å². The van der Waals surface area contributed by atoms with E-state index in [1.165, 1.54) is 16.9 Å². The Morgan fingerprint density at radius 3 is 3.09 bits per heavy atom. The summed E-state index contributed by atoms with van der Waals surface area (Å²) < 4.78 is 0. The van der Waals surface area contributed by atoms with Crippen LogP contribution in [0.1, 0.15) is 36.5 Å². The number of rotatable bonds is 2. The van der Waals surface area contributed by atoms with Crippen LogP contribution in [0.3, 0.4) is 0 Å². The van der Waals surface area contributed by atoms with Crippen LogP contribution in [0.15, 0.2) is 4.79 Å². The van der Waals surface area contributed by atoms with Crippen LogP contribution >= 0.6 is 23.1 Å². The molecule has 1 saturated heterocycles. The first-order chi connectivity index (χ1) is 10.6. The van der Waals surface area contributed by atoms with Gasteiger partial charge in [-0.3, -0.25) is 9.69 Å². The molecule has 4 nitrogen and oxygen atoms in total. The largest absolute Gasteiger partial charge is 0.309 e. The van der Waals surface area contributed by atoms with Crippen LogP contribution in [0.4, 0.5) is 0 Å². The molecule has 6 heteroatoms. The van der Waals surface area contributed by atoms with Gasteiger partial charge in [-0.05, 0) is 31.7 Å². The summed E-state index contributed by atoms with van der Waals surface area (Å²) in [6, 6.07) is 0.521. The zero-order valence-corrected chi connectivity index (χ0v) is 14.6. The molecular formula is C16H21N3OS2. The number of aromatic amines is 1. The fourth-order valence-electron chi connectivity index (χ4n) is 3.53. The van der Waals surface area contributed by atoms with Crippen molar-refractivity contribution in [2.45, 2.75) is 50.9 Å². The Balaban J connectivity index is 1.67. The predicted octanol–water partition coefficient (Wildman–Crippen LogP) is 2.80. The number of aryl methyl sites for hydroxylation is 2. The summed E-state index contributed by atoms with van der Waals surface area (Å²) >= 11 is 3.75. The molecule has 1 fully saturated rings. The first-order valence-corrected chi connectivity index (χ1v) is 9.89. The van der Waals surface area contributed by atoms with Gasteiger partial charge in [-0.1, -0.05) is 6.92 Å². The molecule has 1 N–H and O–H groups in total. The van der Waals surface area contributed by atoms with E-state index in [1.54, 1.807) is 11.3 Å². The van der Waals surface area contributed by atoms with Gasteiger partial charge < -0.3 is 4.98 Å². The summed E-state index contributed by atoms with van der Waals surface area (Å²) in [5, 5.41) is 1.49. The molecule has 0 aromatic carbocycles. The maximum absolute atomic E-state index is 12.5. The van der Waals surface area contributed by atoms with Crippen molar-refractivity contribution in [3.8, 4) is 0 Å². The highest BCUT2D eigenvalue weighted by Crippen LogP contribution is 2.34. The third-order valence-electron chi connectivity index (χ3n) is 4.99. The molecule has 118 valence electrons. The van der Waals surface area contributed by atoms with Crippen LogP contribution in [-0.2, 0) is 19.4 Å². The third-order valence-corrected chi connectivity index (χ3v) is 7.52. The van der Waals surface area contributed by atoms with E-state index in [2.05, 4.69) is 23.7 Å². The Kier molecular flexibility index (Phi) is 3.78. The van der Waals surface area contributed by atoms with Gasteiger partial charge in [0.15, 0.2) is 0 Å². The number of nitrogens with zero attached hydrogens (tertiary/aromatic N) is 2. The Morgan fingerprint density at radius 1 is 1.36 bits per heavy atom. The lowest BCUT2D eigenvalue weighted by Gasteiger charge is -2.37. The Morgan fingerprint density at radius 2 is 2.23 bits per heavy atom. The molecule has 22 heavy (non-hydrogen) atoms. The summed E-state index contributed by atoms with van der Waals surface area (Å²) in [6.07, 6.45) is 3.33. The predicted molar refractivity (Wildman–Crippen MR) is 94.1 cm³/mol. The minimum atomic E-state index is 0.0616. The molecule has 0 unspecified atom stereocenters. The highest BCUT2D eigenvalue weighted by molar-refractivity contribution is 8.00. The van der Waals surface area contributed by atoms with Crippen molar-refractivity contribution in [2.24, 2.45) is 0 Å². The Labute approximate surface area is 138 Å². The molecule has 0 saturated carbocycles. The van der Waals surface area contributed by atoms with Crippen LogP contribution in [0.2, 0.25) is 0 Å². The van der Waals surface area contributed by atoms with Crippen LogP contribution in [0, 0.1) is 0 Å². The summed E-state index contributed by atoms with van der Waals surface area (Å²) in [7, 11) is 0. The molecule has 1 aliphatic carbocycles. The molecule has 0 radical (unpaired) electrons. The molecule has 0 spiro atoms.